The van der Waals surface area contributed by atoms with Crippen LogP contribution < -0.4 is 5.32 Å². The van der Waals surface area contributed by atoms with Crippen molar-refractivity contribution in [1.29, 1.82) is 0 Å². The summed E-state index contributed by atoms with van der Waals surface area (Å²) in [5.41, 5.74) is 4.02. The van der Waals surface area contributed by atoms with Crippen molar-refractivity contribution in [3.63, 3.8) is 0 Å². The summed E-state index contributed by atoms with van der Waals surface area (Å²) < 4.78 is 1.79. The molecule has 1 amide bonds. The summed E-state index contributed by atoms with van der Waals surface area (Å²) in [7, 11) is 0. The van der Waals surface area contributed by atoms with Crippen LogP contribution in [0, 0.1) is 13.8 Å². The standard InChI is InChI=1S/C23H21N3O5/c1-13-8-18(12-24-19-4-6-20(7-5-19)25-15(3)27)14(2)26(13)21-10-16(22(28)29)9-17(11-21)23(30)31/h4-12H,1-3H3,(H,25,27)(H,28,29)(H,30,31). The van der Waals surface area contributed by atoms with Crippen LogP contribution in [0.4, 0.5) is 11.4 Å². The number of aliphatic imine (C=N–C) groups is 1. The lowest BCUT2D eigenvalue weighted by Crippen LogP contribution is -2.07. The Morgan fingerprint density at radius 1 is 0.935 bits per heavy atom. The molecule has 0 saturated carbocycles. The topological polar surface area (TPSA) is 121 Å². The largest absolute Gasteiger partial charge is 0.478 e. The van der Waals surface area contributed by atoms with Crippen LogP contribution in [0.2, 0.25) is 0 Å². The van der Waals surface area contributed by atoms with Crippen molar-refractivity contribution in [3.8, 4) is 5.69 Å². The van der Waals surface area contributed by atoms with Crippen LogP contribution in [0.1, 0.15) is 44.6 Å². The zero-order valence-corrected chi connectivity index (χ0v) is 17.2. The maximum Gasteiger partial charge on any atom is 0.335 e. The lowest BCUT2D eigenvalue weighted by atomic mass is 10.1. The first-order valence-corrected chi connectivity index (χ1v) is 9.38. The molecule has 0 unspecified atom stereocenters. The number of rotatable bonds is 6. The summed E-state index contributed by atoms with van der Waals surface area (Å²) in [6.45, 7) is 5.13. The monoisotopic (exact) mass is 419 g/mol. The van der Waals surface area contributed by atoms with Crippen LogP contribution in [0.3, 0.4) is 0 Å². The van der Waals surface area contributed by atoms with Gasteiger partial charge in [0.25, 0.3) is 0 Å². The Labute approximate surface area is 178 Å². The number of aromatic carboxylic acids is 2. The number of carboxylic acids is 2. The van der Waals surface area contributed by atoms with E-state index in [-0.39, 0.29) is 17.0 Å². The summed E-state index contributed by atoms with van der Waals surface area (Å²) in [6, 6.07) is 13.0. The van der Waals surface area contributed by atoms with E-state index in [2.05, 4.69) is 10.3 Å². The van der Waals surface area contributed by atoms with E-state index >= 15 is 0 Å². The minimum atomic E-state index is -1.20. The van der Waals surface area contributed by atoms with E-state index in [4.69, 9.17) is 0 Å². The number of carbonyl (C=O) groups is 3. The van der Waals surface area contributed by atoms with E-state index in [0.717, 1.165) is 23.0 Å². The van der Waals surface area contributed by atoms with Crippen LogP contribution in [-0.4, -0.2) is 38.8 Å². The van der Waals surface area contributed by atoms with Crippen molar-refractivity contribution < 1.29 is 24.6 Å². The number of hydrogen-bond donors (Lipinski definition) is 3. The third kappa shape index (κ3) is 4.87. The van der Waals surface area contributed by atoms with Gasteiger partial charge in [0.05, 0.1) is 16.8 Å². The molecule has 1 heterocycles. The third-order valence-electron chi connectivity index (χ3n) is 4.68. The minimum Gasteiger partial charge on any atom is -0.478 e. The second-order valence-corrected chi connectivity index (χ2v) is 7.03. The molecule has 31 heavy (non-hydrogen) atoms. The Hall–Kier alpha value is -4.20. The van der Waals surface area contributed by atoms with Crippen LogP contribution in [0.5, 0.6) is 0 Å². The van der Waals surface area contributed by atoms with Gasteiger partial charge in [0.15, 0.2) is 0 Å². The highest BCUT2D eigenvalue weighted by atomic mass is 16.4. The highest BCUT2D eigenvalue weighted by Gasteiger charge is 2.16. The second-order valence-electron chi connectivity index (χ2n) is 7.03. The number of nitrogens with one attached hydrogen (secondary N) is 1. The molecular weight excluding hydrogens is 398 g/mol. The molecule has 3 rings (SSSR count). The number of aromatic nitrogens is 1. The van der Waals surface area contributed by atoms with E-state index in [1.807, 2.05) is 19.9 Å². The van der Waals surface area contributed by atoms with Gasteiger partial charge in [-0.15, -0.1) is 0 Å². The molecule has 0 aliphatic heterocycles. The van der Waals surface area contributed by atoms with Gasteiger partial charge < -0.3 is 20.1 Å². The number of carbonyl (C=O) groups excluding carboxylic acids is 1. The van der Waals surface area contributed by atoms with Crippen molar-refractivity contribution in [1.82, 2.24) is 4.57 Å². The number of anilines is 1. The molecule has 0 radical (unpaired) electrons. The lowest BCUT2D eigenvalue weighted by Gasteiger charge is -2.12. The van der Waals surface area contributed by atoms with E-state index in [1.54, 1.807) is 35.0 Å². The molecule has 0 aliphatic rings. The summed E-state index contributed by atoms with van der Waals surface area (Å²) in [4.78, 5) is 38.4. The molecule has 8 heteroatoms. The zero-order valence-electron chi connectivity index (χ0n) is 17.2. The van der Waals surface area contributed by atoms with Crippen molar-refractivity contribution in [2.45, 2.75) is 20.8 Å². The molecule has 0 aliphatic carbocycles. The van der Waals surface area contributed by atoms with Crippen molar-refractivity contribution in [2.24, 2.45) is 4.99 Å². The highest BCUT2D eigenvalue weighted by molar-refractivity contribution is 5.95. The molecule has 8 nitrogen and oxygen atoms in total. The van der Waals surface area contributed by atoms with Gasteiger partial charge >= 0.3 is 11.9 Å². The molecular formula is C23H21N3O5. The maximum atomic E-state index is 11.4. The van der Waals surface area contributed by atoms with Crippen LogP contribution in [0.25, 0.3) is 5.69 Å². The SMILES string of the molecule is CC(=O)Nc1ccc(N=Cc2cc(C)n(-c3cc(C(=O)O)cc(C(=O)O)c3)c2C)cc1. The van der Waals surface area contributed by atoms with Crippen molar-refractivity contribution in [3.05, 3.63) is 76.6 Å². The molecule has 3 N–H and O–H groups in total. The van der Waals surface area contributed by atoms with Gasteiger partial charge in [-0.3, -0.25) is 9.79 Å². The molecule has 2 aromatic carbocycles. The number of benzene rings is 2. The lowest BCUT2D eigenvalue weighted by molar-refractivity contribution is -0.114. The third-order valence-corrected chi connectivity index (χ3v) is 4.68. The van der Waals surface area contributed by atoms with Crippen LogP contribution >= 0.6 is 0 Å². The van der Waals surface area contributed by atoms with Gasteiger partial charge in [0.2, 0.25) is 5.91 Å². The van der Waals surface area contributed by atoms with E-state index in [0.29, 0.717) is 17.1 Å². The Kier molecular flexibility index (Phi) is 6.01. The van der Waals surface area contributed by atoms with Gasteiger partial charge in [-0.25, -0.2) is 9.59 Å². The van der Waals surface area contributed by atoms with Crippen molar-refractivity contribution in [2.75, 3.05) is 5.32 Å². The predicted molar refractivity (Wildman–Crippen MR) is 117 cm³/mol. The van der Waals surface area contributed by atoms with Crippen molar-refractivity contribution >= 4 is 35.4 Å². The number of nitrogens with zero attached hydrogens (tertiary/aromatic N) is 2. The first-order chi connectivity index (χ1) is 14.7. The Morgan fingerprint density at radius 2 is 1.52 bits per heavy atom. The first-order valence-electron chi connectivity index (χ1n) is 9.38. The molecule has 0 atom stereocenters. The number of amides is 1. The Balaban J connectivity index is 1.96. The highest BCUT2D eigenvalue weighted by Crippen LogP contribution is 2.23. The summed E-state index contributed by atoms with van der Waals surface area (Å²) >= 11 is 0. The average molecular weight is 419 g/mol. The molecule has 0 bridgehead atoms. The summed E-state index contributed by atoms with van der Waals surface area (Å²) in [5.74, 6) is -2.55. The smallest absolute Gasteiger partial charge is 0.335 e. The molecule has 0 saturated heterocycles. The van der Waals surface area contributed by atoms with E-state index in [9.17, 15) is 24.6 Å². The van der Waals surface area contributed by atoms with Gasteiger partial charge in [0.1, 0.15) is 0 Å². The fraction of sp³-hybridized carbons (Fsp3) is 0.130. The molecule has 0 spiro atoms. The van der Waals surface area contributed by atoms with E-state index < -0.39 is 11.9 Å². The maximum absolute atomic E-state index is 11.4. The quantitative estimate of drug-likeness (QED) is 0.517. The minimum absolute atomic E-state index is 0.100. The molecule has 1 aromatic heterocycles. The van der Waals surface area contributed by atoms with Gasteiger partial charge in [-0.1, -0.05) is 0 Å². The van der Waals surface area contributed by atoms with Gasteiger partial charge in [-0.2, -0.15) is 0 Å². The normalized spacial score (nSPS) is 10.9. The van der Waals surface area contributed by atoms with Gasteiger partial charge in [0, 0.05) is 41.5 Å². The van der Waals surface area contributed by atoms with Crippen LogP contribution in [-0.2, 0) is 4.79 Å². The Bertz CT molecular complexity index is 1170. The van der Waals surface area contributed by atoms with Gasteiger partial charge in [-0.05, 0) is 62.4 Å². The first kappa shape index (κ1) is 21.5. The molecule has 158 valence electrons. The fourth-order valence-corrected chi connectivity index (χ4v) is 3.28. The number of aryl methyl sites for hydroxylation is 1. The Morgan fingerprint density at radius 3 is 2.03 bits per heavy atom. The molecule has 0 fully saturated rings. The number of hydrogen-bond acceptors (Lipinski definition) is 4. The molecule has 3 aromatic rings. The summed E-state index contributed by atoms with van der Waals surface area (Å²) in [6.07, 6.45) is 1.69. The zero-order chi connectivity index (χ0) is 22.7. The van der Waals surface area contributed by atoms with Crippen LogP contribution in [0.15, 0.2) is 53.5 Å². The van der Waals surface area contributed by atoms with E-state index in [1.165, 1.54) is 19.1 Å². The predicted octanol–water partition coefficient (Wildman–Crippen LogP) is 4.20. The second kappa shape index (κ2) is 8.66. The number of carboxylic acid groups (broad SMARTS) is 2. The average Bonchev–Trinajstić information content (AvgIpc) is 2.99. The summed E-state index contributed by atoms with van der Waals surface area (Å²) in [5, 5.41) is 21.4. The fourth-order valence-electron chi connectivity index (χ4n) is 3.28.